The van der Waals surface area contributed by atoms with E-state index in [1.165, 1.54) is 31.4 Å². The molecule has 3 N–H and O–H groups in total. The molecule has 11 nitrogen and oxygen atoms in total. The number of hydrogen-bond acceptors (Lipinski definition) is 11. The van der Waals surface area contributed by atoms with Gasteiger partial charge in [0.2, 0.25) is 0 Å². The van der Waals surface area contributed by atoms with Crippen LogP contribution in [0, 0.1) is 25.5 Å². The maximum atomic E-state index is 15.7. The third-order valence-corrected chi connectivity index (χ3v) is 17.5. The van der Waals surface area contributed by atoms with E-state index in [0.717, 1.165) is 0 Å². The van der Waals surface area contributed by atoms with Gasteiger partial charge in [0, 0.05) is 33.2 Å². The van der Waals surface area contributed by atoms with E-state index in [1.807, 2.05) is 13.0 Å². The van der Waals surface area contributed by atoms with E-state index in [0.29, 0.717) is 71.4 Å². The van der Waals surface area contributed by atoms with Gasteiger partial charge in [-0.15, -0.1) is 0 Å². The maximum Gasteiger partial charge on any atom is 0.198 e. The van der Waals surface area contributed by atoms with Crippen LogP contribution in [0.4, 0.5) is 8.78 Å². The molecule has 0 aliphatic carbocycles. The number of methoxy groups -OCH3 is 1. The van der Waals surface area contributed by atoms with Crippen molar-refractivity contribution in [3.63, 3.8) is 0 Å². The second kappa shape index (κ2) is 22.6. The lowest BCUT2D eigenvalue weighted by Crippen LogP contribution is -2.52. The number of aryl methyl sites for hydroxylation is 2. The Balaban J connectivity index is 1.10. The van der Waals surface area contributed by atoms with Crippen molar-refractivity contribution in [2.75, 3.05) is 13.7 Å². The number of carbonyl (C=O) groups is 3. The minimum Gasteiger partial charge on any atom is -0.508 e. The first-order chi connectivity index (χ1) is 39.6. The Morgan fingerprint density at radius 3 is 1.54 bits per heavy atom. The fourth-order valence-corrected chi connectivity index (χ4v) is 12.9. The van der Waals surface area contributed by atoms with Crippen molar-refractivity contribution < 1.29 is 62.2 Å². The number of ether oxygens (including phenoxy) is 5. The lowest BCUT2D eigenvalue weighted by Gasteiger charge is -2.43. The van der Waals surface area contributed by atoms with E-state index in [1.54, 1.807) is 143 Å². The molecule has 3 heterocycles. The van der Waals surface area contributed by atoms with Crippen LogP contribution in [-0.2, 0) is 35.0 Å². The number of Topliss-reactive ketones (excluding diaryl/α,β-unsaturated/α-hetero) is 3. The van der Waals surface area contributed by atoms with Crippen molar-refractivity contribution in [3.05, 3.63) is 179 Å². The fourth-order valence-electron chi connectivity index (χ4n) is 12.1. The number of aliphatic hydroxyl groups excluding tert-OH is 3. The van der Waals surface area contributed by atoms with Gasteiger partial charge in [-0.05, 0) is 207 Å². The fraction of sp³-hybridized carbons (Fsp3) is 0.338. The SMILES string of the molecule is COc1ccc(-c2ccc(Cl)cc2Cl)cc1C1=C(O)C(C)(C)OC(C)(CCOc2ccc(-c3ccc(Cl)c(F)c3)cc2C2=C(O)C(C)(C)OC(C)(CCc3cc(C)c(-c4ccc(Cl)c(F)c4)c(C)c3C3=C(O)C(C)(C)OC(C)(C)C3=O)C2=O)C1=O. The average Bonchev–Trinajstić information content (AvgIpc) is 0.954. The summed E-state index contributed by atoms with van der Waals surface area (Å²) in [7, 11) is 1.45. The minimum absolute atomic E-state index is 0.0107. The first kappa shape index (κ1) is 63.0. The summed E-state index contributed by atoms with van der Waals surface area (Å²) < 4.78 is 62.0. The predicted octanol–water partition coefficient (Wildman–Crippen LogP) is 17.5. The highest BCUT2D eigenvalue weighted by Gasteiger charge is 2.53. The van der Waals surface area contributed by atoms with Gasteiger partial charge < -0.3 is 39.0 Å². The highest BCUT2D eigenvalue weighted by molar-refractivity contribution is 6.36. The van der Waals surface area contributed by atoms with Gasteiger partial charge in [0.1, 0.15) is 74.0 Å². The molecule has 17 heteroatoms. The van der Waals surface area contributed by atoms with Crippen LogP contribution in [0.2, 0.25) is 20.1 Å². The minimum atomic E-state index is -1.72. The van der Waals surface area contributed by atoms with Gasteiger partial charge in [0.25, 0.3) is 0 Å². The molecule has 85 heavy (non-hydrogen) atoms. The molecule has 0 fully saturated rings. The molecule has 6 aromatic carbocycles. The number of benzene rings is 6. The standard InChI is InChI=1S/C68H66Cl4F2O11/c1-34-28-40(53(35(2)52(34)39-15-21-46(71)49(74)32-39)56-59(77)63(3,4)83-64(5,6)60(56)78)24-25-67(11)61(79)55(58(76)65(7,8)84-67)44-29-36(37-14-20-45(70)48(73)31-37)16-23-51(44)82-27-26-68(12)62(80)54(57(75)66(9,10)85-68)43-30-38(17-22-50(43)81-13)42-19-18-41(69)33-47(42)72/h14-23,28-33,75-77H,24-27H2,1-13H3. The number of hydrogen-bond donors (Lipinski definition) is 3. The molecule has 446 valence electrons. The van der Waals surface area contributed by atoms with E-state index in [4.69, 9.17) is 70.1 Å². The Morgan fingerprint density at radius 1 is 0.482 bits per heavy atom. The Labute approximate surface area is 513 Å². The molecule has 2 atom stereocenters. The number of aliphatic hydroxyl groups is 3. The molecular formula is C68H66Cl4F2O11. The second-order valence-corrected chi connectivity index (χ2v) is 26.0. The zero-order valence-corrected chi connectivity index (χ0v) is 52.5. The zero-order valence-electron chi connectivity index (χ0n) is 49.4. The molecule has 0 radical (unpaired) electrons. The molecule has 9 rings (SSSR count). The first-order valence-electron chi connectivity index (χ1n) is 27.6. The Hall–Kier alpha value is -6.55. The number of carbonyl (C=O) groups excluding carboxylic acids is 3. The largest absolute Gasteiger partial charge is 0.508 e. The van der Waals surface area contributed by atoms with Crippen LogP contribution in [0.15, 0.2) is 114 Å². The van der Waals surface area contributed by atoms with Crippen LogP contribution in [0.3, 0.4) is 0 Å². The summed E-state index contributed by atoms with van der Waals surface area (Å²) in [6.07, 6.45) is -0.0843. The van der Waals surface area contributed by atoms with Gasteiger partial charge in [-0.3, -0.25) is 14.4 Å². The third kappa shape index (κ3) is 11.5. The quantitative estimate of drug-likeness (QED) is 0.0953. The van der Waals surface area contributed by atoms with Crippen LogP contribution in [0.25, 0.3) is 50.1 Å². The molecule has 0 aromatic heterocycles. The van der Waals surface area contributed by atoms with Crippen molar-refractivity contribution >= 4 is 80.5 Å². The van der Waals surface area contributed by atoms with E-state index < -0.39 is 68.3 Å². The Bertz CT molecular complexity index is 3910. The monoisotopic (exact) mass is 1240 g/mol. The van der Waals surface area contributed by atoms with Crippen LogP contribution >= 0.6 is 46.4 Å². The van der Waals surface area contributed by atoms with Crippen LogP contribution in [-0.4, -0.2) is 80.0 Å². The summed E-state index contributed by atoms with van der Waals surface area (Å²) in [5.41, 5.74) is -3.52. The molecule has 3 aliphatic heterocycles. The highest BCUT2D eigenvalue weighted by atomic mass is 35.5. The zero-order chi connectivity index (χ0) is 62.4. The number of ketones is 3. The lowest BCUT2D eigenvalue weighted by molar-refractivity contribution is -0.165. The molecule has 3 aliphatic rings. The van der Waals surface area contributed by atoms with Crippen LogP contribution < -0.4 is 9.47 Å². The van der Waals surface area contributed by atoms with E-state index in [2.05, 4.69) is 0 Å². The third-order valence-electron chi connectivity index (χ3n) is 16.3. The van der Waals surface area contributed by atoms with Crippen molar-refractivity contribution in [1.82, 2.24) is 0 Å². The van der Waals surface area contributed by atoms with Gasteiger partial charge >= 0.3 is 0 Å². The highest BCUT2D eigenvalue weighted by Crippen LogP contribution is 2.50. The summed E-state index contributed by atoms with van der Waals surface area (Å²) in [5, 5.41) is 36.9. The predicted molar refractivity (Wildman–Crippen MR) is 330 cm³/mol. The van der Waals surface area contributed by atoms with E-state index in [-0.39, 0.29) is 81.0 Å². The lowest BCUT2D eigenvalue weighted by atomic mass is 9.75. The molecule has 0 saturated carbocycles. The van der Waals surface area contributed by atoms with E-state index >= 15 is 18.4 Å². The van der Waals surface area contributed by atoms with Crippen molar-refractivity contribution in [3.8, 4) is 44.9 Å². The van der Waals surface area contributed by atoms with Crippen LogP contribution in [0.5, 0.6) is 11.5 Å². The van der Waals surface area contributed by atoms with Gasteiger partial charge in [0.05, 0.1) is 40.5 Å². The summed E-state index contributed by atoms with van der Waals surface area (Å²) in [4.78, 5) is 45.3. The van der Waals surface area contributed by atoms with Gasteiger partial charge in [-0.1, -0.05) is 82.8 Å². The maximum absolute atomic E-state index is 15.7. The molecule has 0 amide bonds. The Kier molecular flexibility index (Phi) is 16.8. The normalized spacial score (nSPS) is 21.0. The van der Waals surface area contributed by atoms with E-state index in [9.17, 15) is 20.1 Å². The smallest absolute Gasteiger partial charge is 0.198 e. The van der Waals surface area contributed by atoms with Crippen LogP contribution in [0.1, 0.15) is 115 Å². The van der Waals surface area contributed by atoms with Gasteiger partial charge in [-0.2, -0.15) is 0 Å². The van der Waals surface area contributed by atoms with Crippen molar-refractivity contribution in [1.29, 1.82) is 0 Å². The summed E-state index contributed by atoms with van der Waals surface area (Å²) >= 11 is 25.1. The summed E-state index contributed by atoms with van der Waals surface area (Å²) in [6, 6.07) is 25.6. The molecular weight excluding hydrogens is 1170 g/mol. The molecule has 0 saturated heterocycles. The van der Waals surface area contributed by atoms with Gasteiger partial charge in [-0.25, -0.2) is 8.78 Å². The molecule has 6 aromatic rings. The van der Waals surface area contributed by atoms with Crippen molar-refractivity contribution in [2.24, 2.45) is 0 Å². The summed E-state index contributed by atoms with van der Waals surface area (Å²) in [6.45, 7) is 19.7. The number of halogens is 6. The number of rotatable bonds is 14. The summed E-state index contributed by atoms with van der Waals surface area (Å²) in [5.74, 6) is -3.74. The Morgan fingerprint density at radius 2 is 0.965 bits per heavy atom. The van der Waals surface area contributed by atoms with Gasteiger partial charge in [0.15, 0.2) is 17.3 Å². The first-order valence-corrected chi connectivity index (χ1v) is 29.1. The molecule has 2 unspecified atom stereocenters. The molecule has 0 bridgehead atoms. The molecule has 0 spiro atoms. The second-order valence-electron chi connectivity index (χ2n) is 24.3. The average molecular weight is 1240 g/mol. The van der Waals surface area contributed by atoms with Crippen molar-refractivity contribution in [2.45, 2.75) is 136 Å². The topological polar surface area (TPSA) is 158 Å².